The van der Waals surface area contributed by atoms with Gasteiger partial charge in [-0.1, -0.05) is 18.2 Å². The lowest BCUT2D eigenvalue weighted by Gasteiger charge is -2.22. The molecule has 0 radical (unpaired) electrons. The zero-order valence-corrected chi connectivity index (χ0v) is 14.3. The van der Waals surface area contributed by atoms with Gasteiger partial charge < -0.3 is 14.7 Å². The van der Waals surface area contributed by atoms with Gasteiger partial charge in [0.1, 0.15) is 0 Å². The van der Waals surface area contributed by atoms with E-state index in [1.807, 2.05) is 31.2 Å². The highest BCUT2D eigenvalue weighted by atomic mass is 16.5. The lowest BCUT2D eigenvalue weighted by atomic mass is 10.1. The Labute approximate surface area is 145 Å². The Hall–Kier alpha value is -2.67. The van der Waals surface area contributed by atoms with Gasteiger partial charge in [-0.3, -0.25) is 9.59 Å². The number of hydrogen-bond donors (Lipinski definition) is 1. The lowest BCUT2D eigenvalue weighted by Crippen LogP contribution is -2.37. The standard InChI is InChI=1S/C18H21N3O4/c1-12-5-3-4-6-16(12)21-10-13(9-19-21)18(24)20-11-15(25-2)7-14(20)8-17(22)23/h3-6,9-10,14-15H,7-8,11H2,1-2H3,(H,22,23). The Bertz CT molecular complexity index is 786. The first kappa shape index (κ1) is 17.2. The summed E-state index contributed by atoms with van der Waals surface area (Å²) in [5, 5.41) is 13.4. The molecular weight excluding hydrogens is 322 g/mol. The number of carboxylic acids is 1. The van der Waals surface area contributed by atoms with Gasteiger partial charge in [0.05, 0.1) is 30.0 Å². The largest absolute Gasteiger partial charge is 0.481 e. The van der Waals surface area contributed by atoms with Crippen LogP contribution in [-0.4, -0.2) is 57.5 Å². The molecule has 1 aromatic heterocycles. The maximum absolute atomic E-state index is 12.9. The number of methoxy groups -OCH3 is 1. The molecular formula is C18H21N3O4. The molecule has 1 N–H and O–H groups in total. The number of aryl methyl sites for hydroxylation is 1. The van der Waals surface area contributed by atoms with Crippen molar-refractivity contribution in [1.82, 2.24) is 14.7 Å². The number of hydrogen-bond acceptors (Lipinski definition) is 4. The Morgan fingerprint density at radius 1 is 1.36 bits per heavy atom. The molecule has 1 saturated heterocycles. The monoisotopic (exact) mass is 343 g/mol. The number of ether oxygens (including phenoxy) is 1. The SMILES string of the molecule is COC1CC(CC(=O)O)N(C(=O)c2cnn(-c3ccccc3C)c2)C1. The maximum Gasteiger partial charge on any atom is 0.305 e. The summed E-state index contributed by atoms with van der Waals surface area (Å²) in [6, 6.07) is 7.40. The predicted molar refractivity (Wildman–Crippen MR) is 90.8 cm³/mol. The van der Waals surface area contributed by atoms with Crippen LogP contribution in [-0.2, 0) is 9.53 Å². The molecule has 0 bridgehead atoms. The molecule has 7 nitrogen and oxygen atoms in total. The first-order valence-corrected chi connectivity index (χ1v) is 8.16. The topological polar surface area (TPSA) is 84.7 Å². The fourth-order valence-corrected chi connectivity index (χ4v) is 3.24. The second-order valence-electron chi connectivity index (χ2n) is 6.26. The summed E-state index contributed by atoms with van der Waals surface area (Å²) in [7, 11) is 1.58. The summed E-state index contributed by atoms with van der Waals surface area (Å²) in [5.74, 6) is -1.14. The number of carbonyl (C=O) groups is 2. The average molecular weight is 343 g/mol. The molecule has 2 heterocycles. The number of carboxylic acid groups (broad SMARTS) is 1. The van der Waals surface area contributed by atoms with Crippen molar-refractivity contribution in [1.29, 1.82) is 0 Å². The van der Waals surface area contributed by atoms with E-state index >= 15 is 0 Å². The summed E-state index contributed by atoms with van der Waals surface area (Å²) < 4.78 is 6.99. The average Bonchev–Trinajstić information content (AvgIpc) is 3.21. The van der Waals surface area contributed by atoms with Crippen LogP contribution in [0.5, 0.6) is 0 Å². The molecule has 2 atom stereocenters. The fourth-order valence-electron chi connectivity index (χ4n) is 3.24. The molecule has 1 amide bonds. The van der Waals surface area contributed by atoms with Crippen molar-refractivity contribution in [3.05, 3.63) is 47.8 Å². The van der Waals surface area contributed by atoms with Gasteiger partial charge in [-0.2, -0.15) is 5.10 Å². The first-order valence-electron chi connectivity index (χ1n) is 8.16. The van der Waals surface area contributed by atoms with Crippen molar-refractivity contribution in [2.75, 3.05) is 13.7 Å². The van der Waals surface area contributed by atoms with E-state index in [1.165, 1.54) is 6.20 Å². The van der Waals surface area contributed by atoms with E-state index in [1.54, 1.807) is 22.9 Å². The van der Waals surface area contributed by atoms with Crippen molar-refractivity contribution in [3.63, 3.8) is 0 Å². The third-order valence-corrected chi connectivity index (χ3v) is 4.57. The number of likely N-dealkylation sites (tertiary alicyclic amines) is 1. The van der Waals surface area contributed by atoms with Gasteiger partial charge in [0.2, 0.25) is 0 Å². The first-order chi connectivity index (χ1) is 12.0. The van der Waals surface area contributed by atoms with Crippen LogP contribution in [0, 0.1) is 6.92 Å². The molecule has 3 rings (SSSR count). The summed E-state index contributed by atoms with van der Waals surface area (Å²) >= 11 is 0. The quantitative estimate of drug-likeness (QED) is 0.896. The molecule has 1 aliphatic rings. The van der Waals surface area contributed by atoms with Crippen molar-refractivity contribution < 1.29 is 19.4 Å². The molecule has 0 spiro atoms. The minimum atomic E-state index is -0.921. The third kappa shape index (κ3) is 3.56. The van der Waals surface area contributed by atoms with Crippen LogP contribution >= 0.6 is 0 Å². The molecule has 132 valence electrons. The van der Waals surface area contributed by atoms with Crippen LogP contribution in [0.1, 0.15) is 28.8 Å². The number of benzene rings is 1. The fraction of sp³-hybridized carbons (Fsp3) is 0.389. The molecule has 2 unspecified atom stereocenters. The van der Waals surface area contributed by atoms with Crippen molar-refractivity contribution in [2.24, 2.45) is 0 Å². The van der Waals surface area contributed by atoms with E-state index in [2.05, 4.69) is 5.10 Å². The normalized spacial score (nSPS) is 20.0. The molecule has 7 heteroatoms. The van der Waals surface area contributed by atoms with Gasteiger partial charge >= 0.3 is 5.97 Å². The Kier molecular flexibility index (Phi) is 4.85. The zero-order valence-electron chi connectivity index (χ0n) is 14.3. The van der Waals surface area contributed by atoms with Crippen molar-refractivity contribution in [3.8, 4) is 5.69 Å². The highest BCUT2D eigenvalue weighted by Crippen LogP contribution is 2.25. The molecule has 1 fully saturated rings. The van der Waals surface area contributed by atoms with Crippen molar-refractivity contribution in [2.45, 2.75) is 31.9 Å². The van der Waals surface area contributed by atoms with Gasteiger partial charge in [-0.15, -0.1) is 0 Å². The van der Waals surface area contributed by atoms with E-state index < -0.39 is 5.97 Å². The summed E-state index contributed by atoms with van der Waals surface area (Å²) in [4.78, 5) is 25.5. The third-order valence-electron chi connectivity index (χ3n) is 4.57. The molecule has 0 aliphatic carbocycles. The molecule has 2 aromatic rings. The number of nitrogens with zero attached hydrogens (tertiary/aromatic N) is 3. The highest BCUT2D eigenvalue weighted by molar-refractivity contribution is 5.94. The Balaban J connectivity index is 1.83. The van der Waals surface area contributed by atoms with Crippen LogP contribution in [0.25, 0.3) is 5.69 Å². The minimum Gasteiger partial charge on any atom is -0.481 e. The number of carbonyl (C=O) groups excluding carboxylic acids is 1. The van der Waals surface area contributed by atoms with Crippen molar-refractivity contribution >= 4 is 11.9 Å². The number of aliphatic carboxylic acids is 1. The van der Waals surface area contributed by atoms with E-state index in [4.69, 9.17) is 9.84 Å². The number of para-hydroxylation sites is 1. The van der Waals surface area contributed by atoms with Gasteiger partial charge in [0.15, 0.2) is 0 Å². The van der Waals surface area contributed by atoms with E-state index in [9.17, 15) is 9.59 Å². The minimum absolute atomic E-state index is 0.0858. The van der Waals surface area contributed by atoms with Crippen LogP contribution in [0.4, 0.5) is 0 Å². The highest BCUT2D eigenvalue weighted by Gasteiger charge is 2.37. The van der Waals surface area contributed by atoms with E-state index in [0.29, 0.717) is 18.5 Å². The molecule has 1 aliphatic heterocycles. The Morgan fingerprint density at radius 3 is 2.80 bits per heavy atom. The number of aromatic nitrogens is 2. The smallest absolute Gasteiger partial charge is 0.305 e. The summed E-state index contributed by atoms with van der Waals surface area (Å²) in [5.41, 5.74) is 2.39. The molecule has 1 aromatic carbocycles. The van der Waals surface area contributed by atoms with Crippen LogP contribution < -0.4 is 0 Å². The van der Waals surface area contributed by atoms with Crippen LogP contribution in [0.3, 0.4) is 0 Å². The summed E-state index contributed by atoms with van der Waals surface area (Å²) in [6.07, 6.45) is 3.51. The summed E-state index contributed by atoms with van der Waals surface area (Å²) in [6.45, 7) is 2.37. The van der Waals surface area contributed by atoms with E-state index in [-0.39, 0.29) is 24.5 Å². The zero-order chi connectivity index (χ0) is 18.0. The Morgan fingerprint density at radius 2 is 2.12 bits per heavy atom. The number of amides is 1. The molecule has 0 saturated carbocycles. The van der Waals surface area contributed by atoms with Gasteiger partial charge in [-0.25, -0.2) is 4.68 Å². The van der Waals surface area contributed by atoms with Crippen LogP contribution in [0.2, 0.25) is 0 Å². The second kappa shape index (κ2) is 7.06. The number of rotatable bonds is 5. The molecule has 25 heavy (non-hydrogen) atoms. The maximum atomic E-state index is 12.9. The van der Waals surface area contributed by atoms with E-state index in [0.717, 1.165) is 11.3 Å². The predicted octanol–water partition coefficient (Wildman–Crippen LogP) is 1.88. The second-order valence-corrected chi connectivity index (χ2v) is 6.26. The van der Waals surface area contributed by atoms with Gasteiger partial charge in [-0.05, 0) is 25.0 Å². The van der Waals surface area contributed by atoms with Gasteiger partial charge in [0.25, 0.3) is 5.91 Å². The lowest BCUT2D eigenvalue weighted by molar-refractivity contribution is -0.137. The van der Waals surface area contributed by atoms with Gasteiger partial charge in [0, 0.05) is 25.9 Å². The van der Waals surface area contributed by atoms with Crippen LogP contribution in [0.15, 0.2) is 36.7 Å².